The van der Waals surface area contributed by atoms with Crippen LogP contribution in [0.25, 0.3) is 0 Å². The minimum absolute atomic E-state index is 0.357. The minimum atomic E-state index is 0.357. The van der Waals surface area contributed by atoms with Gasteiger partial charge in [0.1, 0.15) is 5.75 Å². The molecule has 0 bridgehead atoms. The van der Waals surface area contributed by atoms with E-state index in [1.165, 1.54) is 5.56 Å². The van der Waals surface area contributed by atoms with Crippen molar-refractivity contribution in [3.05, 3.63) is 29.8 Å². The van der Waals surface area contributed by atoms with Gasteiger partial charge in [0.25, 0.3) is 0 Å². The summed E-state index contributed by atoms with van der Waals surface area (Å²) in [5, 5.41) is 3.48. The molecule has 19 heavy (non-hydrogen) atoms. The van der Waals surface area contributed by atoms with E-state index in [0.717, 1.165) is 31.9 Å². The maximum absolute atomic E-state index is 5.68. The van der Waals surface area contributed by atoms with Gasteiger partial charge >= 0.3 is 0 Å². The van der Waals surface area contributed by atoms with Gasteiger partial charge in [0.15, 0.2) is 0 Å². The molecule has 0 amide bonds. The number of ether oxygens (including phenoxy) is 2. The molecule has 1 atom stereocenters. The summed E-state index contributed by atoms with van der Waals surface area (Å²) in [6.45, 7) is 9.03. The van der Waals surface area contributed by atoms with Crippen molar-refractivity contribution >= 4 is 0 Å². The molecular formula is C16H27NO2. The third-order valence-electron chi connectivity index (χ3n) is 2.94. The fourth-order valence-electron chi connectivity index (χ4n) is 1.77. The second kappa shape index (κ2) is 8.94. The Kier molecular flexibility index (Phi) is 7.53. The molecule has 1 aromatic rings. The van der Waals surface area contributed by atoms with Gasteiger partial charge in [-0.3, -0.25) is 0 Å². The van der Waals surface area contributed by atoms with Crippen molar-refractivity contribution in [2.24, 2.45) is 5.92 Å². The highest BCUT2D eigenvalue weighted by Crippen LogP contribution is 2.18. The van der Waals surface area contributed by atoms with Crippen molar-refractivity contribution in [3.63, 3.8) is 0 Å². The number of methoxy groups -OCH3 is 1. The summed E-state index contributed by atoms with van der Waals surface area (Å²) in [5.74, 6) is 1.50. The van der Waals surface area contributed by atoms with Crippen LogP contribution in [-0.2, 0) is 4.74 Å². The number of hydrogen-bond donors (Lipinski definition) is 1. The Bertz CT molecular complexity index is 335. The van der Waals surface area contributed by atoms with E-state index in [1.54, 1.807) is 7.11 Å². The Hall–Kier alpha value is -1.06. The Morgan fingerprint density at radius 2 is 1.79 bits per heavy atom. The first kappa shape index (κ1) is 16.0. The lowest BCUT2D eigenvalue weighted by molar-refractivity contribution is 0.193. The van der Waals surface area contributed by atoms with E-state index in [0.29, 0.717) is 12.0 Å². The van der Waals surface area contributed by atoms with Crippen LogP contribution in [0.3, 0.4) is 0 Å². The van der Waals surface area contributed by atoms with Gasteiger partial charge in [-0.05, 0) is 43.5 Å². The van der Waals surface area contributed by atoms with Gasteiger partial charge in [-0.15, -0.1) is 0 Å². The Morgan fingerprint density at radius 3 is 2.37 bits per heavy atom. The van der Waals surface area contributed by atoms with Gasteiger partial charge in [-0.2, -0.15) is 0 Å². The number of rotatable bonds is 9. The van der Waals surface area contributed by atoms with Crippen LogP contribution < -0.4 is 10.1 Å². The Balaban J connectivity index is 2.37. The molecule has 0 heterocycles. The van der Waals surface area contributed by atoms with Crippen LogP contribution in [0.1, 0.15) is 38.8 Å². The van der Waals surface area contributed by atoms with Crippen molar-refractivity contribution in [2.45, 2.75) is 33.2 Å². The van der Waals surface area contributed by atoms with Gasteiger partial charge < -0.3 is 14.8 Å². The highest BCUT2D eigenvalue weighted by molar-refractivity contribution is 5.28. The average Bonchev–Trinajstić information content (AvgIpc) is 2.41. The van der Waals surface area contributed by atoms with Crippen molar-refractivity contribution in [1.29, 1.82) is 0 Å². The van der Waals surface area contributed by atoms with E-state index in [4.69, 9.17) is 9.47 Å². The van der Waals surface area contributed by atoms with Gasteiger partial charge in [-0.1, -0.05) is 26.0 Å². The molecule has 1 N–H and O–H groups in total. The zero-order valence-corrected chi connectivity index (χ0v) is 12.6. The molecule has 1 rings (SSSR count). The molecular weight excluding hydrogens is 238 g/mol. The predicted molar refractivity (Wildman–Crippen MR) is 79.7 cm³/mol. The molecule has 0 aliphatic rings. The van der Waals surface area contributed by atoms with Gasteiger partial charge in [0, 0.05) is 19.8 Å². The lowest BCUT2D eigenvalue weighted by atomic mass is 10.1. The third kappa shape index (κ3) is 6.60. The molecule has 0 saturated carbocycles. The molecule has 0 aliphatic carbocycles. The largest absolute Gasteiger partial charge is 0.493 e. The summed E-state index contributed by atoms with van der Waals surface area (Å²) in [7, 11) is 1.74. The SMILES string of the molecule is COCCCN[C@@H](C)c1ccc(OCC(C)C)cc1. The van der Waals surface area contributed by atoms with Crippen molar-refractivity contribution in [2.75, 3.05) is 26.9 Å². The summed E-state index contributed by atoms with van der Waals surface area (Å²) in [6.07, 6.45) is 1.04. The monoisotopic (exact) mass is 265 g/mol. The number of benzene rings is 1. The maximum Gasteiger partial charge on any atom is 0.119 e. The second-order valence-electron chi connectivity index (χ2n) is 5.30. The van der Waals surface area contributed by atoms with E-state index in [2.05, 4.69) is 38.2 Å². The normalized spacial score (nSPS) is 12.7. The van der Waals surface area contributed by atoms with E-state index in [9.17, 15) is 0 Å². The van der Waals surface area contributed by atoms with Gasteiger partial charge in [-0.25, -0.2) is 0 Å². The zero-order valence-electron chi connectivity index (χ0n) is 12.6. The smallest absolute Gasteiger partial charge is 0.119 e. The van der Waals surface area contributed by atoms with Crippen molar-refractivity contribution in [1.82, 2.24) is 5.32 Å². The predicted octanol–water partition coefficient (Wildman–Crippen LogP) is 3.41. The highest BCUT2D eigenvalue weighted by Gasteiger charge is 2.04. The van der Waals surface area contributed by atoms with Crippen molar-refractivity contribution in [3.8, 4) is 5.75 Å². The molecule has 0 radical (unpaired) electrons. The average molecular weight is 265 g/mol. The third-order valence-corrected chi connectivity index (χ3v) is 2.94. The number of hydrogen-bond acceptors (Lipinski definition) is 3. The molecule has 0 spiro atoms. The van der Waals surface area contributed by atoms with E-state index in [-0.39, 0.29) is 0 Å². The second-order valence-corrected chi connectivity index (χ2v) is 5.30. The quantitative estimate of drug-likeness (QED) is 0.694. The highest BCUT2D eigenvalue weighted by atomic mass is 16.5. The molecule has 0 saturated heterocycles. The summed E-state index contributed by atoms with van der Waals surface area (Å²) >= 11 is 0. The van der Waals surface area contributed by atoms with Gasteiger partial charge in [0.05, 0.1) is 6.61 Å². The maximum atomic E-state index is 5.68. The molecule has 108 valence electrons. The van der Waals surface area contributed by atoms with Crippen molar-refractivity contribution < 1.29 is 9.47 Å². The van der Waals surface area contributed by atoms with Crippen LogP contribution in [0.5, 0.6) is 5.75 Å². The lowest BCUT2D eigenvalue weighted by Gasteiger charge is -2.15. The topological polar surface area (TPSA) is 30.5 Å². The first-order chi connectivity index (χ1) is 9.13. The Labute approximate surface area is 117 Å². The van der Waals surface area contributed by atoms with Crippen LogP contribution in [0.2, 0.25) is 0 Å². The standard InChI is InChI=1S/C16H27NO2/c1-13(2)12-19-16-8-6-15(7-9-16)14(3)17-10-5-11-18-4/h6-9,13-14,17H,5,10-12H2,1-4H3/t14-/m0/s1. The molecule has 0 unspecified atom stereocenters. The minimum Gasteiger partial charge on any atom is -0.493 e. The van der Waals surface area contributed by atoms with Crippen LogP contribution in [0.4, 0.5) is 0 Å². The first-order valence-electron chi connectivity index (χ1n) is 7.08. The Morgan fingerprint density at radius 1 is 1.11 bits per heavy atom. The summed E-state index contributed by atoms with van der Waals surface area (Å²) in [5.41, 5.74) is 1.29. The molecule has 3 nitrogen and oxygen atoms in total. The van der Waals surface area contributed by atoms with Crippen LogP contribution in [-0.4, -0.2) is 26.9 Å². The van der Waals surface area contributed by atoms with Crippen LogP contribution >= 0.6 is 0 Å². The fraction of sp³-hybridized carbons (Fsp3) is 0.625. The number of nitrogens with one attached hydrogen (secondary N) is 1. The van der Waals surface area contributed by atoms with E-state index < -0.39 is 0 Å². The molecule has 1 aromatic carbocycles. The molecule has 0 fully saturated rings. The molecule has 0 aromatic heterocycles. The molecule has 0 aliphatic heterocycles. The van der Waals surface area contributed by atoms with E-state index in [1.807, 2.05) is 12.1 Å². The van der Waals surface area contributed by atoms with E-state index >= 15 is 0 Å². The summed E-state index contributed by atoms with van der Waals surface area (Å²) in [6, 6.07) is 8.71. The lowest BCUT2D eigenvalue weighted by Crippen LogP contribution is -2.20. The molecule has 3 heteroatoms. The first-order valence-corrected chi connectivity index (χ1v) is 7.08. The van der Waals surface area contributed by atoms with Gasteiger partial charge in [0.2, 0.25) is 0 Å². The fourth-order valence-corrected chi connectivity index (χ4v) is 1.77. The van der Waals surface area contributed by atoms with Crippen LogP contribution in [0.15, 0.2) is 24.3 Å². The zero-order chi connectivity index (χ0) is 14.1. The van der Waals surface area contributed by atoms with Crippen LogP contribution in [0, 0.1) is 5.92 Å². The summed E-state index contributed by atoms with van der Waals surface area (Å²) < 4.78 is 10.7. The summed E-state index contributed by atoms with van der Waals surface area (Å²) in [4.78, 5) is 0.